The topological polar surface area (TPSA) is 55.8 Å². The third kappa shape index (κ3) is 3.07. The van der Waals surface area contributed by atoms with Crippen molar-refractivity contribution in [2.45, 2.75) is 0 Å². The van der Waals surface area contributed by atoms with Gasteiger partial charge in [0.25, 0.3) is 0 Å². The summed E-state index contributed by atoms with van der Waals surface area (Å²) in [6.45, 7) is 1.05. The van der Waals surface area contributed by atoms with Crippen molar-refractivity contribution >= 4 is 23.5 Å². The molecular weight excluding hydrogens is 304 g/mol. The number of hydrogen-bond donors (Lipinski definition) is 1. The number of fused-ring (bicyclic) bond motifs is 1. The van der Waals surface area contributed by atoms with Crippen molar-refractivity contribution in [3.8, 4) is 17.2 Å². The van der Waals surface area contributed by atoms with E-state index >= 15 is 0 Å². The average Bonchev–Trinajstić information content (AvgIpc) is 2.54. The highest BCUT2D eigenvalue weighted by Gasteiger charge is 2.12. The van der Waals surface area contributed by atoms with E-state index in [0.29, 0.717) is 29.7 Å². The quantitative estimate of drug-likeness (QED) is 0.692. The maximum Gasteiger partial charge on any atom is 0.189 e. The first-order chi connectivity index (χ1) is 10.6. The number of hydrogen-bond acceptors (Lipinski definition) is 4. The van der Waals surface area contributed by atoms with Gasteiger partial charge in [-0.25, -0.2) is 0 Å². The zero-order valence-corrected chi connectivity index (χ0v) is 12.3. The van der Waals surface area contributed by atoms with E-state index in [-0.39, 0.29) is 17.1 Å². The second-order valence-electron chi connectivity index (χ2n) is 4.76. The van der Waals surface area contributed by atoms with Crippen LogP contribution in [0.2, 0.25) is 5.02 Å². The van der Waals surface area contributed by atoms with Crippen LogP contribution in [0.25, 0.3) is 6.08 Å². The van der Waals surface area contributed by atoms with Gasteiger partial charge >= 0.3 is 0 Å². The monoisotopic (exact) mass is 316 g/mol. The SMILES string of the molecule is O=C(/C=C\c1ccc2c(c1)OCCO2)c1cc(Cl)ccc1O. The number of carbonyl (C=O) groups excluding carboxylic acids is 1. The Morgan fingerprint density at radius 3 is 2.68 bits per heavy atom. The van der Waals surface area contributed by atoms with Crippen LogP contribution in [0.4, 0.5) is 0 Å². The minimum atomic E-state index is -0.324. The molecule has 0 fully saturated rings. The molecule has 0 atom stereocenters. The minimum Gasteiger partial charge on any atom is -0.507 e. The minimum absolute atomic E-state index is 0.0961. The lowest BCUT2D eigenvalue weighted by Gasteiger charge is -2.18. The van der Waals surface area contributed by atoms with Crippen LogP contribution in [-0.2, 0) is 0 Å². The number of halogens is 1. The zero-order chi connectivity index (χ0) is 15.5. The second kappa shape index (κ2) is 6.12. The Morgan fingerprint density at radius 1 is 1.09 bits per heavy atom. The van der Waals surface area contributed by atoms with Crippen molar-refractivity contribution in [1.29, 1.82) is 0 Å². The van der Waals surface area contributed by atoms with Gasteiger partial charge in [-0.3, -0.25) is 4.79 Å². The fourth-order valence-electron chi connectivity index (χ4n) is 2.13. The number of ether oxygens (including phenoxy) is 2. The van der Waals surface area contributed by atoms with E-state index < -0.39 is 0 Å². The number of aromatic hydroxyl groups is 1. The summed E-state index contributed by atoms with van der Waals surface area (Å²) in [5, 5.41) is 10.1. The summed E-state index contributed by atoms with van der Waals surface area (Å²) in [5.41, 5.74) is 0.973. The van der Waals surface area contributed by atoms with Crippen LogP contribution in [0.15, 0.2) is 42.5 Å². The van der Waals surface area contributed by atoms with Crippen LogP contribution >= 0.6 is 11.6 Å². The Labute approximate surface area is 132 Å². The van der Waals surface area contributed by atoms with Gasteiger partial charge in [0, 0.05) is 5.02 Å². The van der Waals surface area contributed by atoms with Crippen molar-refractivity contribution in [2.24, 2.45) is 0 Å². The molecule has 0 saturated carbocycles. The van der Waals surface area contributed by atoms with Crippen LogP contribution < -0.4 is 9.47 Å². The zero-order valence-electron chi connectivity index (χ0n) is 11.6. The van der Waals surface area contributed by atoms with Gasteiger partial charge in [-0.2, -0.15) is 0 Å². The average molecular weight is 317 g/mol. The van der Waals surface area contributed by atoms with Gasteiger partial charge in [0.1, 0.15) is 19.0 Å². The molecule has 5 heteroatoms. The van der Waals surface area contributed by atoms with Gasteiger partial charge in [-0.05, 0) is 42.0 Å². The van der Waals surface area contributed by atoms with E-state index in [2.05, 4.69) is 0 Å². The van der Waals surface area contributed by atoms with Gasteiger partial charge in [-0.15, -0.1) is 0 Å². The molecule has 1 aliphatic heterocycles. The Kier molecular flexibility index (Phi) is 4.02. The standard InChI is InChI=1S/C17H13ClO4/c18-12-3-5-15(20)13(10-12)14(19)4-1-11-2-6-16-17(9-11)22-8-7-21-16/h1-6,9-10,20H,7-8H2/b4-1-. The lowest BCUT2D eigenvalue weighted by molar-refractivity contribution is 0.104. The maximum absolute atomic E-state index is 12.1. The molecule has 1 aliphatic rings. The smallest absolute Gasteiger partial charge is 0.189 e. The molecule has 1 heterocycles. The molecule has 3 rings (SSSR count). The van der Waals surface area contributed by atoms with Crippen LogP contribution in [0.5, 0.6) is 17.2 Å². The van der Waals surface area contributed by atoms with Crippen molar-refractivity contribution in [1.82, 2.24) is 0 Å². The van der Waals surface area contributed by atoms with E-state index in [1.54, 1.807) is 18.2 Å². The molecule has 2 aromatic rings. The van der Waals surface area contributed by atoms with Gasteiger partial charge < -0.3 is 14.6 Å². The first-order valence-corrected chi connectivity index (χ1v) is 7.12. The maximum atomic E-state index is 12.1. The molecule has 0 bridgehead atoms. The van der Waals surface area contributed by atoms with E-state index in [4.69, 9.17) is 21.1 Å². The molecule has 0 radical (unpaired) electrons. The number of rotatable bonds is 3. The molecule has 0 aromatic heterocycles. The summed E-state index contributed by atoms with van der Waals surface area (Å²) in [4.78, 5) is 12.1. The fourth-order valence-corrected chi connectivity index (χ4v) is 2.30. The molecule has 0 amide bonds. The van der Waals surface area contributed by atoms with Crippen LogP contribution in [0.3, 0.4) is 0 Å². The number of phenols is 1. The van der Waals surface area contributed by atoms with Crippen LogP contribution in [0.1, 0.15) is 15.9 Å². The van der Waals surface area contributed by atoms with E-state index in [0.717, 1.165) is 5.56 Å². The molecule has 22 heavy (non-hydrogen) atoms. The summed E-state index contributed by atoms with van der Waals surface area (Å²) in [5.74, 6) is 0.935. The summed E-state index contributed by atoms with van der Waals surface area (Å²) >= 11 is 5.84. The van der Waals surface area contributed by atoms with Gasteiger partial charge in [0.05, 0.1) is 5.56 Å². The first kappa shape index (κ1) is 14.5. The lowest BCUT2D eigenvalue weighted by atomic mass is 10.1. The summed E-state index contributed by atoms with van der Waals surface area (Å²) in [6.07, 6.45) is 3.04. The van der Waals surface area contributed by atoms with Crippen molar-refractivity contribution in [3.05, 3.63) is 58.6 Å². The Balaban J connectivity index is 1.81. The van der Waals surface area contributed by atoms with Crippen LogP contribution in [-0.4, -0.2) is 24.1 Å². The molecular formula is C17H13ClO4. The summed E-state index contributed by atoms with van der Waals surface area (Å²) in [6, 6.07) is 9.79. The lowest BCUT2D eigenvalue weighted by Crippen LogP contribution is -2.15. The Bertz CT molecular complexity index is 752. The Hall–Kier alpha value is -2.46. The van der Waals surface area contributed by atoms with Gasteiger partial charge in [-0.1, -0.05) is 23.7 Å². The normalized spacial score (nSPS) is 13.3. The molecule has 0 aliphatic carbocycles. The first-order valence-electron chi connectivity index (χ1n) is 6.74. The predicted molar refractivity (Wildman–Crippen MR) is 83.9 cm³/mol. The highest BCUT2D eigenvalue weighted by molar-refractivity contribution is 6.31. The van der Waals surface area contributed by atoms with E-state index in [1.165, 1.54) is 24.3 Å². The molecule has 0 unspecified atom stereocenters. The third-order valence-corrected chi connectivity index (χ3v) is 3.45. The van der Waals surface area contributed by atoms with E-state index in [1.807, 2.05) is 6.07 Å². The number of phenolic OH excluding ortho intramolecular Hbond substituents is 1. The second-order valence-corrected chi connectivity index (χ2v) is 5.20. The molecule has 4 nitrogen and oxygen atoms in total. The van der Waals surface area contributed by atoms with E-state index in [9.17, 15) is 9.90 Å². The van der Waals surface area contributed by atoms with Crippen molar-refractivity contribution in [3.63, 3.8) is 0 Å². The number of ketones is 1. The molecule has 0 saturated heterocycles. The molecule has 0 spiro atoms. The molecule has 112 valence electrons. The van der Waals surface area contributed by atoms with Crippen molar-refractivity contribution in [2.75, 3.05) is 13.2 Å². The van der Waals surface area contributed by atoms with Gasteiger partial charge in [0.2, 0.25) is 0 Å². The van der Waals surface area contributed by atoms with Crippen molar-refractivity contribution < 1.29 is 19.4 Å². The Morgan fingerprint density at radius 2 is 1.86 bits per heavy atom. The third-order valence-electron chi connectivity index (χ3n) is 3.22. The highest BCUT2D eigenvalue weighted by Crippen LogP contribution is 2.31. The summed E-state index contributed by atoms with van der Waals surface area (Å²) in [7, 11) is 0. The molecule has 2 aromatic carbocycles. The fraction of sp³-hybridized carbons (Fsp3) is 0.118. The summed E-state index contributed by atoms with van der Waals surface area (Å²) < 4.78 is 10.9. The van der Waals surface area contributed by atoms with Crippen LogP contribution in [0, 0.1) is 0 Å². The number of allylic oxidation sites excluding steroid dienone is 1. The number of benzene rings is 2. The van der Waals surface area contributed by atoms with Gasteiger partial charge in [0.15, 0.2) is 17.3 Å². The largest absolute Gasteiger partial charge is 0.507 e. The predicted octanol–water partition coefficient (Wildman–Crippen LogP) is 3.71. The molecule has 1 N–H and O–H groups in total. The highest BCUT2D eigenvalue weighted by atomic mass is 35.5. The number of carbonyl (C=O) groups is 1.